The summed E-state index contributed by atoms with van der Waals surface area (Å²) in [6.07, 6.45) is -3.46. The second kappa shape index (κ2) is 9.33. The molecule has 0 radical (unpaired) electrons. The largest absolute Gasteiger partial charge is 0.459 e. The van der Waals surface area contributed by atoms with E-state index < -0.39 is 29.2 Å². The number of furan rings is 1. The molecule has 0 aliphatic carbocycles. The maximum absolute atomic E-state index is 13.6. The van der Waals surface area contributed by atoms with Crippen molar-refractivity contribution in [2.75, 3.05) is 22.1 Å². The van der Waals surface area contributed by atoms with E-state index in [1.807, 2.05) is 35.7 Å². The summed E-state index contributed by atoms with van der Waals surface area (Å²) >= 11 is 3.65. The molecule has 1 aliphatic heterocycles. The van der Waals surface area contributed by atoms with Crippen molar-refractivity contribution in [3.63, 3.8) is 0 Å². The van der Waals surface area contributed by atoms with E-state index in [1.165, 1.54) is 24.5 Å². The van der Waals surface area contributed by atoms with E-state index in [-0.39, 0.29) is 17.0 Å². The zero-order chi connectivity index (χ0) is 22.7. The van der Waals surface area contributed by atoms with E-state index in [4.69, 9.17) is 4.42 Å². The number of hydrogen-bond donors (Lipinski definition) is 2. The van der Waals surface area contributed by atoms with Crippen molar-refractivity contribution < 1.29 is 27.2 Å². The second-order valence-electron chi connectivity index (χ2n) is 6.84. The summed E-state index contributed by atoms with van der Waals surface area (Å²) in [5.74, 6) is 0.763. The van der Waals surface area contributed by atoms with Gasteiger partial charge in [0.05, 0.1) is 22.1 Å². The van der Waals surface area contributed by atoms with Gasteiger partial charge >= 0.3 is 6.18 Å². The van der Waals surface area contributed by atoms with Crippen LogP contribution in [0.2, 0.25) is 0 Å². The van der Waals surface area contributed by atoms with Crippen molar-refractivity contribution >= 4 is 46.7 Å². The molecule has 1 aromatic heterocycles. The highest BCUT2D eigenvalue weighted by Gasteiger charge is 2.34. The SMILES string of the molecule is O=C(Nc1ccc(NC(=O)c2ccco2)cc1C(F)(F)F)c1ccc(C2SCCS2)cc1. The van der Waals surface area contributed by atoms with Gasteiger partial charge in [-0.2, -0.15) is 13.2 Å². The number of benzene rings is 2. The van der Waals surface area contributed by atoms with E-state index >= 15 is 0 Å². The predicted molar refractivity (Wildman–Crippen MR) is 120 cm³/mol. The van der Waals surface area contributed by atoms with Gasteiger partial charge in [-0.1, -0.05) is 12.1 Å². The van der Waals surface area contributed by atoms with Gasteiger partial charge in [-0.3, -0.25) is 9.59 Å². The molecule has 2 aromatic carbocycles. The fourth-order valence-electron chi connectivity index (χ4n) is 3.10. The fraction of sp³-hybridized carbons (Fsp3) is 0.182. The van der Waals surface area contributed by atoms with E-state index in [0.29, 0.717) is 4.58 Å². The maximum Gasteiger partial charge on any atom is 0.418 e. The van der Waals surface area contributed by atoms with E-state index in [0.717, 1.165) is 29.2 Å². The van der Waals surface area contributed by atoms with Crippen molar-refractivity contribution in [3.8, 4) is 0 Å². The summed E-state index contributed by atoms with van der Waals surface area (Å²) < 4.78 is 46.1. The first-order valence-corrected chi connectivity index (χ1v) is 11.6. The number of nitrogens with one attached hydrogen (secondary N) is 2. The highest BCUT2D eigenvalue weighted by atomic mass is 32.2. The van der Waals surface area contributed by atoms with Gasteiger partial charge in [0.1, 0.15) is 0 Å². The van der Waals surface area contributed by atoms with Crippen molar-refractivity contribution in [3.05, 3.63) is 83.3 Å². The zero-order valence-corrected chi connectivity index (χ0v) is 18.1. The molecule has 0 unspecified atom stereocenters. The molecule has 2 amide bonds. The second-order valence-corrected chi connectivity index (χ2v) is 9.56. The van der Waals surface area contributed by atoms with Crippen molar-refractivity contribution in [1.82, 2.24) is 0 Å². The Hall–Kier alpha value is -2.85. The lowest BCUT2D eigenvalue weighted by atomic mass is 10.1. The van der Waals surface area contributed by atoms with Gasteiger partial charge < -0.3 is 15.1 Å². The molecule has 32 heavy (non-hydrogen) atoms. The number of hydrogen-bond acceptors (Lipinski definition) is 5. The highest BCUT2D eigenvalue weighted by Crippen LogP contribution is 2.45. The fourth-order valence-corrected chi connectivity index (χ4v) is 5.96. The summed E-state index contributed by atoms with van der Waals surface area (Å²) in [5, 5.41) is 4.68. The molecule has 0 bridgehead atoms. The quantitative estimate of drug-likeness (QED) is 0.452. The Labute approximate surface area is 190 Å². The molecular weight excluding hydrogens is 461 g/mol. The number of amides is 2. The molecule has 1 saturated heterocycles. The number of rotatable bonds is 5. The average molecular weight is 479 g/mol. The topological polar surface area (TPSA) is 71.3 Å². The molecule has 4 rings (SSSR count). The standard InChI is InChI=1S/C22H17F3N2O3S2/c23-22(24,25)16-12-15(26-20(29)18-2-1-9-30-18)7-8-17(16)27-19(28)13-3-5-14(6-4-13)21-31-10-11-32-21/h1-9,12,21H,10-11H2,(H,26,29)(H,27,28). The van der Waals surface area contributed by atoms with Crippen molar-refractivity contribution in [2.24, 2.45) is 0 Å². The first-order valence-electron chi connectivity index (χ1n) is 9.52. The van der Waals surface area contributed by atoms with Crippen LogP contribution >= 0.6 is 23.5 Å². The van der Waals surface area contributed by atoms with Gasteiger partial charge in [0.2, 0.25) is 0 Å². The Morgan fingerprint density at radius 2 is 1.66 bits per heavy atom. The average Bonchev–Trinajstić information content (AvgIpc) is 3.48. The van der Waals surface area contributed by atoms with Crippen LogP contribution in [0.3, 0.4) is 0 Å². The molecule has 0 spiro atoms. The molecule has 2 N–H and O–H groups in total. The summed E-state index contributed by atoms with van der Waals surface area (Å²) in [5.41, 5.74) is -0.220. The lowest BCUT2D eigenvalue weighted by Gasteiger charge is -2.16. The van der Waals surface area contributed by atoms with Gasteiger partial charge in [0, 0.05) is 22.8 Å². The summed E-state index contributed by atoms with van der Waals surface area (Å²) in [7, 11) is 0. The minimum Gasteiger partial charge on any atom is -0.459 e. The molecule has 1 fully saturated rings. The zero-order valence-electron chi connectivity index (χ0n) is 16.4. The van der Waals surface area contributed by atoms with Gasteiger partial charge in [-0.05, 0) is 48.0 Å². The van der Waals surface area contributed by atoms with Crippen LogP contribution in [-0.4, -0.2) is 23.3 Å². The van der Waals surface area contributed by atoms with E-state index in [2.05, 4.69) is 10.6 Å². The summed E-state index contributed by atoms with van der Waals surface area (Å²) in [6, 6.07) is 12.9. The van der Waals surface area contributed by atoms with Crippen LogP contribution < -0.4 is 10.6 Å². The lowest BCUT2D eigenvalue weighted by Crippen LogP contribution is -2.18. The molecule has 1 aliphatic rings. The number of carbonyl (C=O) groups is 2. The first kappa shape index (κ1) is 22.3. The highest BCUT2D eigenvalue weighted by molar-refractivity contribution is 8.19. The van der Waals surface area contributed by atoms with E-state index in [1.54, 1.807) is 12.1 Å². The molecule has 0 atom stereocenters. The van der Waals surface area contributed by atoms with Crippen molar-refractivity contribution in [1.29, 1.82) is 0 Å². The third-order valence-corrected chi connectivity index (χ3v) is 7.75. The number of thioether (sulfide) groups is 2. The molecule has 5 nitrogen and oxygen atoms in total. The van der Waals surface area contributed by atoms with Crippen LogP contribution in [0.4, 0.5) is 24.5 Å². The Bertz CT molecular complexity index is 1110. The van der Waals surface area contributed by atoms with Gasteiger partial charge in [0.15, 0.2) is 5.76 Å². The smallest absolute Gasteiger partial charge is 0.418 e. The predicted octanol–water partition coefficient (Wildman–Crippen LogP) is 6.28. The van der Waals surface area contributed by atoms with Gasteiger partial charge in [0.25, 0.3) is 11.8 Å². The Morgan fingerprint density at radius 3 is 2.28 bits per heavy atom. The molecule has 3 aromatic rings. The molecular formula is C22H17F3N2O3S2. The van der Waals surface area contributed by atoms with Crippen LogP contribution in [0.1, 0.15) is 36.6 Å². The van der Waals surface area contributed by atoms with Crippen LogP contribution in [0.15, 0.2) is 65.3 Å². The summed E-state index contributed by atoms with van der Waals surface area (Å²) in [4.78, 5) is 24.6. The number of carbonyl (C=O) groups excluding carboxylic acids is 2. The molecule has 166 valence electrons. The van der Waals surface area contributed by atoms with Crippen LogP contribution in [0.25, 0.3) is 0 Å². The minimum absolute atomic E-state index is 0.0335. The Balaban J connectivity index is 1.52. The molecule has 2 heterocycles. The third-order valence-electron chi connectivity index (χ3n) is 4.64. The maximum atomic E-state index is 13.6. The molecule has 0 saturated carbocycles. The van der Waals surface area contributed by atoms with Crippen LogP contribution in [-0.2, 0) is 6.18 Å². The number of anilines is 2. The third kappa shape index (κ3) is 5.13. The summed E-state index contributed by atoms with van der Waals surface area (Å²) in [6.45, 7) is 0. The lowest BCUT2D eigenvalue weighted by molar-refractivity contribution is -0.136. The van der Waals surface area contributed by atoms with Crippen LogP contribution in [0.5, 0.6) is 0 Å². The first-order chi connectivity index (χ1) is 15.3. The monoisotopic (exact) mass is 478 g/mol. The number of alkyl halides is 3. The van der Waals surface area contributed by atoms with Gasteiger partial charge in [-0.25, -0.2) is 0 Å². The van der Waals surface area contributed by atoms with Crippen LogP contribution in [0, 0.1) is 0 Å². The number of halogens is 3. The van der Waals surface area contributed by atoms with E-state index in [9.17, 15) is 22.8 Å². The minimum atomic E-state index is -4.74. The van der Waals surface area contributed by atoms with Gasteiger partial charge in [-0.15, -0.1) is 23.5 Å². The Morgan fingerprint density at radius 1 is 0.938 bits per heavy atom. The Kier molecular flexibility index (Phi) is 6.52. The normalized spacial score (nSPS) is 14.3. The molecule has 10 heteroatoms. The van der Waals surface area contributed by atoms with Crippen molar-refractivity contribution in [2.45, 2.75) is 10.8 Å².